The number of hydrogen-bond acceptors (Lipinski definition) is 4. The molecule has 0 bridgehead atoms. The van der Waals surface area contributed by atoms with E-state index >= 15 is 0 Å². The molecule has 0 saturated heterocycles. The number of nitrogens with zero attached hydrogens (tertiary/aromatic N) is 3. The first-order chi connectivity index (χ1) is 14.7. The highest BCUT2D eigenvalue weighted by Crippen LogP contribution is 2.37. The average Bonchev–Trinajstić information content (AvgIpc) is 3.14. The third-order valence-corrected chi connectivity index (χ3v) is 6.08. The zero-order chi connectivity index (χ0) is 22.3. The molecule has 0 atom stereocenters. The number of nitrogens with two attached hydrogens (primary N) is 1. The zero-order valence-corrected chi connectivity index (χ0v) is 17.1. The predicted octanol–water partition coefficient (Wildman–Crippen LogP) is 4.59. The van der Waals surface area contributed by atoms with Crippen molar-refractivity contribution < 1.29 is 23.1 Å². The lowest BCUT2D eigenvalue weighted by atomic mass is 9.87. The van der Waals surface area contributed by atoms with Gasteiger partial charge in [-0.25, -0.2) is 4.98 Å². The molecule has 1 aliphatic carbocycles. The van der Waals surface area contributed by atoms with Gasteiger partial charge in [-0.2, -0.15) is 18.3 Å². The van der Waals surface area contributed by atoms with Crippen LogP contribution in [0.5, 0.6) is 0 Å². The van der Waals surface area contributed by atoms with Crippen molar-refractivity contribution in [3.8, 4) is 11.1 Å². The van der Waals surface area contributed by atoms with Gasteiger partial charge in [0.05, 0.1) is 16.6 Å². The monoisotopic (exact) mass is 452 g/mol. The van der Waals surface area contributed by atoms with Crippen molar-refractivity contribution in [2.24, 2.45) is 11.7 Å². The number of hydrogen-bond donors (Lipinski definition) is 2. The molecule has 2 heterocycles. The maximum Gasteiger partial charge on any atom is 0.433 e. The Morgan fingerprint density at radius 3 is 2.52 bits per heavy atom. The Morgan fingerprint density at radius 1 is 1.19 bits per heavy atom. The third-order valence-electron chi connectivity index (χ3n) is 5.77. The van der Waals surface area contributed by atoms with Gasteiger partial charge in [-0.15, -0.1) is 0 Å². The molecule has 164 valence electrons. The van der Waals surface area contributed by atoms with Gasteiger partial charge in [-0.3, -0.25) is 9.48 Å². The number of primary amides is 1. The van der Waals surface area contributed by atoms with Crippen molar-refractivity contribution in [2.75, 3.05) is 6.61 Å². The summed E-state index contributed by atoms with van der Waals surface area (Å²) in [6.07, 6.45) is 0.793. The molecule has 0 aliphatic heterocycles. The van der Waals surface area contributed by atoms with E-state index in [-0.39, 0.29) is 23.2 Å². The largest absolute Gasteiger partial charge is 0.433 e. The molecule has 6 nitrogen and oxygen atoms in total. The van der Waals surface area contributed by atoms with Crippen LogP contribution >= 0.6 is 11.6 Å². The van der Waals surface area contributed by atoms with Crippen LogP contribution in [0, 0.1) is 5.92 Å². The van der Waals surface area contributed by atoms with Crippen LogP contribution in [-0.2, 0) is 6.18 Å². The van der Waals surface area contributed by atoms with Gasteiger partial charge in [-0.05, 0) is 55.9 Å². The van der Waals surface area contributed by atoms with Gasteiger partial charge < -0.3 is 10.8 Å². The van der Waals surface area contributed by atoms with Gasteiger partial charge in [0.25, 0.3) is 5.91 Å². The van der Waals surface area contributed by atoms with Crippen LogP contribution < -0.4 is 5.73 Å². The Bertz CT molecular complexity index is 1140. The van der Waals surface area contributed by atoms with Crippen molar-refractivity contribution in [3.05, 3.63) is 46.9 Å². The molecule has 1 aromatic carbocycles. The van der Waals surface area contributed by atoms with Gasteiger partial charge in [0.2, 0.25) is 0 Å². The van der Waals surface area contributed by atoms with Crippen LogP contribution in [0.15, 0.2) is 30.5 Å². The molecule has 0 unspecified atom stereocenters. The summed E-state index contributed by atoms with van der Waals surface area (Å²) in [5, 5.41) is 14.9. The number of aromatic nitrogens is 3. The minimum absolute atomic E-state index is 0.128. The van der Waals surface area contributed by atoms with Gasteiger partial charge in [0.15, 0.2) is 0 Å². The SMILES string of the molecule is NC(=O)c1nc(C(F)(F)F)ccc1-c1cc2cn(C3CCC(CO)CC3)nc2cc1Cl. The molecule has 1 aliphatic rings. The summed E-state index contributed by atoms with van der Waals surface area (Å²) in [5.41, 5.74) is 4.73. The second-order valence-corrected chi connectivity index (χ2v) is 8.22. The maximum atomic E-state index is 13.0. The van der Waals surface area contributed by atoms with E-state index in [1.807, 2.05) is 10.9 Å². The predicted molar refractivity (Wildman–Crippen MR) is 110 cm³/mol. The third kappa shape index (κ3) is 4.24. The Labute approximate surface area is 180 Å². The number of carbonyl (C=O) groups is 1. The van der Waals surface area contributed by atoms with Crippen molar-refractivity contribution in [3.63, 3.8) is 0 Å². The standard InChI is InChI=1S/C21H20ClF3N4O2/c22-16-8-17-12(9-29(28-17)13-3-1-11(10-30)2-4-13)7-15(16)14-5-6-18(21(23,24)25)27-19(14)20(26)31/h5-9,11,13,30H,1-4,10H2,(H2,26,31). The number of amides is 1. The molecule has 4 rings (SSSR count). The fourth-order valence-corrected chi connectivity index (χ4v) is 4.33. The van der Waals surface area contributed by atoms with Crippen LogP contribution in [0.4, 0.5) is 13.2 Å². The topological polar surface area (TPSA) is 94.0 Å². The zero-order valence-electron chi connectivity index (χ0n) is 16.4. The molecule has 1 fully saturated rings. The summed E-state index contributed by atoms with van der Waals surface area (Å²) < 4.78 is 40.9. The van der Waals surface area contributed by atoms with Crippen LogP contribution in [0.25, 0.3) is 22.0 Å². The van der Waals surface area contributed by atoms with Crippen LogP contribution in [-0.4, -0.2) is 32.4 Å². The van der Waals surface area contributed by atoms with Crippen LogP contribution in [0.1, 0.15) is 47.9 Å². The summed E-state index contributed by atoms with van der Waals surface area (Å²) in [7, 11) is 0. The molecule has 0 spiro atoms. The molecule has 31 heavy (non-hydrogen) atoms. The number of pyridine rings is 1. The van der Waals surface area contributed by atoms with E-state index in [0.717, 1.165) is 43.2 Å². The minimum Gasteiger partial charge on any atom is -0.396 e. The lowest BCUT2D eigenvalue weighted by molar-refractivity contribution is -0.141. The number of rotatable bonds is 4. The maximum absolute atomic E-state index is 13.0. The number of aliphatic hydroxyl groups excluding tert-OH is 1. The second-order valence-electron chi connectivity index (χ2n) is 7.81. The molecule has 0 radical (unpaired) electrons. The minimum atomic E-state index is -4.70. The van der Waals surface area contributed by atoms with E-state index in [2.05, 4.69) is 10.1 Å². The Morgan fingerprint density at radius 2 is 1.90 bits per heavy atom. The van der Waals surface area contributed by atoms with E-state index in [0.29, 0.717) is 17.0 Å². The van der Waals surface area contributed by atoms with Crippen molar-refractivity contribution in [1.29, 1.82) is 0 Å². The quantitative estimate of drug-likeness (QED) is 0.605. The summed E-state index contributed by atoms with van der Waals surface area (Å²) >= 11 is 6.40. The van der Waals surface area contributed by atoms with Crippen molar-refractivity contribution in [1.82, 2.24) is 14.8 Å². The first-order valence-electron chi connectivity index (χ1n) is 9.85. The van der Waals surface area contributed by atoms with Gasteiger partial charge in [0.1, 0.15) is 11.4 Å². The Balaban J connectivity index is 1.74. The highest BCUT2D eigenvalue weighted by molar-refractivity contribution is 6.34. The molecular formula is C21H20ClF3N4O2. The number of carbonyl (C=O) groups excluding carboxylic acids is 1. The molecule has 1 saturated carbocycles. The van der Waals surface area contributed by atoms with E-state index in [1.165, 1.54) is 0 Å². The fraction of sp³-hybridized carbons (Fsp3) is 0.381. The van der Waals surface area contributed by atoms with Gasteiger partial charge in [-0.1, -0.05) is 11.6 Å². The Hall–Kier alpha value is -2.65. The summed E-state index contributed by atoms with van der Waals surface area (Å²) in [6, 6.07) is 5.45. The lowest BCUT2D eigenvalue weighted by Crippen LogP contribution is -2.20. The van der Waals surface area contributed by atoms with Crippen molar-refractivity contribution >= 4 is 28.4 Å². The smallest absolute Gasteiger partial charge is 0.396 e. The summed E-state index contributed by atoms with van der Waals surface area (Å²) in [5.74, 6) is -0.754. The normalized spacial score (nSPS) is 19.6. The number of fused-ring (bicyclic) bond motifs is 1. The molecule has 1 amide bonds. The molecule has 3 aromatic rings. The summed E-state index contributed by atoms with van der Waals surface area (Å²) in [4.78, 5) is 15.3. The van der Waals surface area contributed by atoms with Crippen LogP contribution in [0.3, 0.4) is 0 Å². The summed E-state index contributed by atoms with van der Waals surface area (Å²) in [6.45, 7) is 0.191. The number of alkyl halides is 3. The number of halogens is 4. The van der Waals surface area contributed by atoms with Crippen molar-refractivity contribution in [2.45, 2.75) is 37.9 Å². The lowest BCUT2D eigenvalue weighted by Gasteiger charge is -2.27. The first-order valence-corrected chi connectivity index (χ1v) is 10.2. The first kappa shape index (κ1) is 21.6. The highest BCUT2D eigenvalue weighted by Gasteiger charge is 2.34. The fourth-order valence-electron chi connectivity index (χ4n) is 4.07. The second kappa shape index (κ2) is 8.12. The Kier molecular flexibility index (Phi) is 5.65. The van der Waals surface area contributed by atoms with E-state index < -0.39 is 23.5 Å². The number of benzene rings is 1. The van der Waals surface area contributed by atoms with Gasteiger partial charge >= 0.3 is 6.18 Å². The molecule has 2 aromatic heterocycles. The van der Waals surface area contributed by atoms with Crippen LogP contribution in [0.2, 0.25) is 5.02 Å². The average molecular weight is 453 g/mol. The number of aliphatic hydroxyl groups is 1. The van der Waals surface area contributed by atoms with E-state index in [4.69, 9.17) is 17.3 Å². The van der Waals surface area contributed by atoms with Gasteiger partial charge in [0, 0.05) is 29.3 Å². The molecule has 10 heteroatoms. The highest BCUT2D eigenvalue weighted by atomic mass is 35.5. The molecule has 3 N–H and O–H groups in total. The molecular weight excluding hydrogens is 433 g/mol. The van der Waals surface area contributed by atoms with E-state index in [1.54, 1.807) is 12.1 Å². The van der Waals surface area contributed by atoms with E-state index in [9.17, 15) is 23.1 Å².